The molecule has 170 valence electrons. The number of aryl methyl sites for hydroxylation is 2. The van der Waals surface area contributed by atoms with Crippen LogP contribution in [-0.2, 0) is 20.7 Å². The largest absolute Gasteiger partial charge is 0.463 e. The van der Waals surface area contributed by atoms with Gasteiger partial charge in [-0.15, -0.1) is 0 Å². The Morgan fingerprint density at radius 2 is 1.79 bits per heavy atom. The zero-order valence-electron chi connectivity index (χ0n) is 18.2. The van der Waals surface area contributed by atoms with Gasteiger partial charge in [-0.2, -0.15) is 0 Å². The quantitative estimate of drug-likeness (QED) is 0.170. The molecule has 33 heavy (non-hydrogen) atoms. The molecule has 2 aromatic heterocycles. The molecule has 0 aliphatic carbocycles. The lowest BCUT2D eigenvalue weighted by Gasteiger charge is -2.12. The number of fused-ring (bicyclic) bond motifs is 2. The number of hydrogen-bond donors (Lipinski definition) is 0. The Hall–Kier alpha value is -3.91. The third-order valence-electron chi connectivity index (χ3n) is 5.11. The summed E-state index contributed by atoms with van der Waals surface area (Å²) in [6.07, 6.45) is 0.323. The number of para-hydroxylation sites is 1. The van der Waals surface area contributed by atoms with Crippen LogP contribution in [0.2, 0.25) is 0 Å². The van der Waals surface area contributed by atoms with Gasteiger partial charge in [0.25, 0.3) is 0 Å². The second kappa shape index (κ2) is 9.70. The van der Waals surface area contributed by atoms with Crippen LogP contribution in [0.1, 0.15) is 28.1 Å². The molecule has 8 nitrogen and oxygen atoms in total. The maximum atomic E-state index is 12.8. The van der Waals surface area contributed by atoms with E-state index in [9.17, 15) is 14.4 Å². The van der Waals surface area contributed by atoms with E-state index < -0.39 is 17.6 Å². The molecular weight excluding hydrogens is 428 g/mol. The highest BCUT2D eigenvalue weighted by atomic mass is 16.6. The minimum atomic E-state index is -0.704. The average Bonchev–Trinajstić information content (AvgIpc) is 3.22. The van der Waals surface area contributed by atoms with Gasteiger partial charge in [0.15, 0.2) is 0 Å². The number of rotatable bonds is 8. The third-order valence-corrected chi connectivity index (χ3v) is 5.11. The van der Waals surface area contributed by atoms with Gasteiger partial charge in [0.2, 0.25) is 5.76 Å². The van der Waals surface area contributed by atoms with E-state index in [1.165, 1.54) is 19.2 Å². The Kier molecular flexibility index (Phi) is 6.55. The zero-order chi connectivity index (χ0) is 23.4. The van der Waals surface area contributed by atoms with Crippen molar-refractivity contribution in [2.75, 3.05) is 20.3 Å². The van der Waals surface area contributed by atoms with Crippen molar-refractivity contribution in [3.8, 4) is 5.75 Å². The van der Waals surface area contributed by atoms with Crippen molar-refractivity contribution in [2.45, 2.75) is 19.8 Å². The van der Waals surface area contributed by atoms with Crippen LogP contribution >= 0.6 is 0 Å². The number of hydrogen-bond acceptors (Lipinski definition) is 8. The molecule has 0 bridgehead atoms. The van der Waals surface area contributed by atoms with Gasteiger partial charge in [0.05, 0.1) is 6.61 Å². The molecule has 0 saturated heterocycles. The predicted molar refractivity (Wildman–Crippen MR) is 120 cm³/mol. The fourth-order valence-electron chi connectivity index (χ4n) is 3.46. The minimum absolute atomic E-state index is 0.0342. The number of esters is 2. The molecule has 0 saturated carbocycles. The Bertz CT molecular complexity index is 1350. The van der Waals surface area contributed by atoms with E-state index in [1.54, 1.807) is 31.2 Å². The van der Waals surface area contributed by atoms with Crippen LogP contribution in [0.25, 0.3) is 21.9 Å². The molecule has 0 aliphatic heterocycles. The van der Waals surface area contributed by atoms with Crippen molar-refractivity contribution in [3.05, 3.63) is 75.8 Å². The third kappa shape index (κ3) is 5.12. The molecule has 4 rings (SSSR count). The second-order valence-electron chi connectivity index (χ2n) is 7.46. The first-order valence-electron chi connectivity index (χ1n) is 10.4. The van der Waals surface area contributed by atoms with Crippen molar-refractivity contribution in [3.63, 3.8) is 0 Å². The number of carbonyl (C=O) groups excluding carboxylic acids is 2. The van der Waals surface area contributed by atoms with E-state index >= 15 is 0 Å². The van der Waals surface area contributed by atoms with Gasteiger partial charge in [-0.25, -0.2) is 9.59 Å². The summed E-state index contributed by atoms with van der Waals surface area (Å²) in [5.74, 6) is -0.902. The number of methoxy groups -OCH3 is 1. The summed E-state index contributed by atoms with van der Waals surface area (Å²) < 4.78 is 26.5. The van der Waals surface area contributed by atoms with E-state index in [0.29, 0.717) is 28.7 Å². The van der Waals surface area contributed by atoms with Crippen molar-refractivity contribution in [2.24, 2.45) is 0 Å². The lowest BCUT2D eigenvalue weighted by molar-refractivity contribution is -0.144. The molecular formula is C25H22O8. The molecule has 0 spiro atoms. The molecule has 0 unspecified atom stereocenters. The highest BCUT2D eigenvalue weighted by molar-refractivity contribution is 5.94. The number of furan rings is 1. The Morgan fingerprint density at radius 3 is 2.58 bits per heavy atom. The lowest BCUT2D eigenvalue weighted by Crippen LogP contribution is -2.12. The van der Waals surface area contributed by atoms with Gasteiger partial charge < -0.3 is 23.0 Å². The minimum Gasteiger partial charge on any atom is -0.463 e. The highest BCUT2D eigenvalue weighted by Crippen LogP contribution is 2.30. The van der Waals surface area contributed by atoms with E-state index in [2.05, 4.69) is 0 Å². The van der Waals surface area contributed by atoms with Gasteiger partial charge in [0.1, 0.15) is 23.5 Å². The molecule has 0 radical (unpaired) electrons. The number of benzene rings is 2. The molecule has 0 aliphatic rings. The summed E-state index contributed by atoms with van der Waals surface area (Å²) >= 11 is 0. The Labute approximate surface area is 188 Å². The maximum Gasteiger partial charge on any atom is 0.379 e. The predicted octanol–water partition coefficient (Wildman–Crippen LogP) is 4.19. The van der Waals surface area contributed by atoms with Gasteiger partial charge in [-0.1, -0.05) is 18.2 Å². The smallest absolute Gasteiger partial charge is 0.379 e. The molecule has 0 amide bonds. The van der Waals surface area contributed by atoms with Gasteiger partial charge in [-0.3, -0.25) is 4.79 Å². The topological polar surface area (TPSA) is 105 Å². The maximum absolute atomic E-state index is 12.8. The monoisotopic (exact) mass is 450 g/mol. The lowest BCUT2D eigenvalue weighted by atomic mass is 10.0. The fraction of sp³-hybridized carbons (Fsp3) is 0.240. The first-order chi connectivity index (χ1) is 15.9. The van der Waals surface area contributed by atoms with Crippen molar-refractivity contribution in [1.82, 2.24) is 0 Å². The molecule has 0 atom stereocenters. The Balaban J connectivity index is 1.63. The van der Waals surface area contributed by atoms with Crippen LogP contribution in [0.4, 0.5) is 0 Å². The van der Waals surface area contributed by atoms with Gasteiger partial charge in [-0.05, 0) is 42.7 Å². The molecule has 2 heterocycles. The summed E-state index contributed by atoms with van der Waals surface area (Å²) in [4.78, 5) is 36.7. The van der Waals surface area contributed by atoms with Crippen molar-refractivity contribution >= 4 is 33.9 Å². The number of ether oxygens (including phenoxy) is 3. The first-order valence-corrected chi connectivity index (χ1v) is 10.4. The normalized spacial score (nSPS) is 11.1. The van der Waals surface area contributed by atoms with E-state index in [4.69, 9.17) is 23.0 Å². The first kappa shape index (κ1) is 22.3. The van der Waals surface area contributed by atoms with Crippen molar-refractivity contribution in [1.29, 1.82) is 0 Å². The summed E-state index contributed by atoms with van der Waals surface area (Å²) in [5.41, 5.74) is 1.62. The van der Waals surface area contributed by atoms with Crippen LogP contribution in [0.5, 0.6) is 5.75 Å². The van der Waals surface area contributed by atoms with Crippen LogP contribution < -0.4 is 10.4 Å². The van der Waals surface area contributed by atoms with Gasteiger partial charge >= 0.3 is 17.6 Å². The summed E-state index contributed by atoms with van der Waals surface area (Å²) in [5, 5.41) is 1.45. The molecule has 4 aromatic rings. The zero-order valence-corrected chi connectivity index (χ0v) is 18.2. The molecule has 0 fully saturated rings. The average molecular weight is 450 g/mol. The van der Waals surface area contributed by atoms with E-state index in [1.807, 2.05) is 12.1 Å². The highest BCUT2D eigenvalue weighted by Gasteiger charge is 2.19. The molecule has 2 aromatic carbocycles. The number of carbonyl (C=O) groups is 2. The standard InChI is InChI=1S/C25H22O8/c1-15-11-24(27)32-21-14-20(17(12-18(15)21)7-8-23(26)30-10-9-29-2)33-25(28)22-13-16-5-3-4-6-19(16)31-22/h3-6,11-14H,7-10H2,1-2H3. The van der Waals surface area contributed by atoms with E-state index in [-0.39, 0.29) is 36.5 Å². The fourth-order valence-corrected chi connectivity index (χ4v) is 3.46. The SMILES string of the molecule is COCCOC(=O)CCc1cc2c(C)cc(=O)oc2cc1OC(=O)c1cc2ccccc2o1. The molecule has 8 heteroatoms. The second-order valence-corrected chi connectivity index (χ2v) is 7.46. The van der Waals surface area contributed by atoms with Crippen LogP contribution in [0.15, 0.2) is 62.2 Å². The van der Waals surface area contributed by atoms with Crippen LogP contribution in [-0.4, -0.2) is 32.3 Å². The van der Waals surface area contributed by atoms with Gasteiger partial charge in [0, 0.05) is 36.4 Å². The molecule has 0 N–H and O–H groups in total. The van der Waals surface area contributed by atoms with Crippen LogP contribution in [0, 0.1) is 6.92 Å². The van der Waals surface area contributed by atoms with Crippen LogP contribution in [0.3, 0.4) is 0 Å². The van der Waals surface area contributed by atoms with E-state index in [0.717, 1.165) is 5.39 Å². The Morgan fingerprint density at radius 1 is 0.970 bits per heavy atom. The van der Waals surface area contributed by atoms with Crippen molar-refractivity contribution < 1.29 is 32.6 Å². The summed E-state index contributed by atoms with van der Waals surface area (Å²) in [6.45, 7) is 2.24. The summed E-state index contributed by atoms with van der Waals surface area (Å²) in [7, 11) is 1.52. The summed E-state index contributed by atoms with van der Waals surface area (Å²) in [6, 6.07) is 13.4.